The molecule has 3 saturated heterocycles. The molecule has 0 aliphatic carbocycles. The molecule has 0 unspecified atom stereocenters. The van der Waals surface area contributed by atoms with E-state index in [0.29, 0.717) is 39.7 Å². The molecule has 0 amide bonds. The maximum absolute atomic E-state index is 14.0. The molecule has 3 aliphatic rings. The predicted molar refractivity (Wildman–Crippen MR) is 247 cm³/mol. The van der Waals surface area contributed by atoms with Gasteiger partial charge < -0.3 is 46.2 Å². The molecule has 12 nitrogen and oxygen atoms in total. The molecular weight excluding hydrogens is 891 g/mol. The zero-order chi connectivity index (χ0) is 46.8. The minimum atomic E-state index is -0.527. The molecule has 0 radical (unpaired) electrons. The minimum absolute atomic E-state index is 0.190. The first-order chi connectivity index (χ1) is 29.8. The largest absolute Gasteiger partial charge is 0.496 e. The maximum atomic E-state index is 14.0. The van der Waals surface area contributed by atoms with Crippen molar-refractivity contribution in [2.24, 2.45) is 0 Å². The van der Waals surface area contributed by atoms with Crippen LogP contribution in [0.3, 0.4) is 0 Å². The third-order valence-electron chi connectivity index (χ3n) is 12.9. The summed E-state index contributed by atoms with van der Waals surface area (Å²) in [6.45, 7) is 24.2. The summed E-state index contributed by atoms with van der Waals surface area (Å²) in [4.78, 5) is 8.50. The fourth-order valence-electron chi connectivity index (χ4n) is 6.93. The van der Waals surface area contributed by atoms with E-state index in [1.54, 1.807) is 50.6 Å². The summed E-state index contributed by atoms with van der Waals surface area (Å²) in [5.41, 5.74) is 0.974. The molecule has 0 spiro atoms. The summed E-state index contributed by atoms with van der Waals surface area (Å²) in [6, 6.07) is 20.3. The van der Waals surface area contributed by atoms with Crippen molar-refractivity contribution in [2.75, 3.05) is 14.2 Å². The molecule has 0 saturated carbocycles. The monoisotopic (exact) mass is 944 g/mol. The number of para-hydroxylation sites is 2. The molecule has 0 N–H and O–H groups in total. The molecule has 338 valence electrons. The molecule has 5 heterocycles. The van der Waals surface area contributed by atoms with E-state index < -0.39 is 44.0 Å². The lowest BCUT2D eigenvalue weighted by Crippen LogP contribution is -2.41. The van der Waals surface area contributed by atoms with Crippen molar-refractivity contribution < 1.29 is 55.0 Å². The highest BCUT2D eigenvalue weighted by Gasteiger charge is 2.63. The van der Waals surface area contributed by atoms with Crippen molar-refractivity contribution in [3.05, 3.63) is 88.9 Å². The number of ether oxygens (including phenoxy) is 2. The van der Waals surface area contributed by atoms with Gasteiger partial charge in [0.1, 0.15) is 22.5 Å². The quantitative estimate of drug-likeness (QED) is 0.148. The fourth-order valence-corrected chi connectivity index (χ4v) is 7.29. The molecular formula is C46H54B3BrF2N2O10. The van der Waals surface area contributed by atoms with Gasteiger partial charge >= 0.3 is 21.1 Å². The van der Waals surface area contributed by atoms with Gasteiger partial charge in [-0.2, -0.15) is 0 Å². The van der Waals surface area contributed by atoms with E-state index >= 15 is 0 Å². The Hall–Kier alpha value is -4.29. The molecule has 3 fully saturated rings. The Morgan fingerprint density at radius 2 is 0.875 bits per heavy atom. The van der Waals surface area contributed by atoms with E-state index in [-0.39, 0.29) is 39.3 Å². The number of hydrogen-bond acceptors (Lipinski definition) is 12. The van der Waals surface area contributed by atoms with Gasteiger partial charge in [0.05, 0.1) is 59.0 Å². The van der Waals surface area contributed by atoms with Crippen molar-refractivity contribution in [3.63, 3.8) is 0 Å². The molecule has 2 aromatic heterocycles. The van der Waals surface area contributed by atoms with Crippen molar-refractivity contribution in [2.45, 2.75) is 117 Å². The van der Waals surface area contributed by atoms with E-state index in [4.69, 9.17) is 46.2 Å². The van der Waals surface area contributed by atoms with Crippen LogP contribution in [0.15, 0.2) is 86.1 Å². The summed E-state index contributed by atoms with van der Waals surface area (Å²) in [5, 5.41) is 0. The lowest BCUT2D eigenvalue weighted by Gasteiger charge is -2.32. The Kier molecular flexibility index (Phi) is 12.8. The molecule has 64 heavy (non-hydrogen) atoms. The van der Waals surface area contributed by atoms with Crippen LogP contribution in [0.5, 0.6) is 11.5 Å². The molecule has 9 rings (SSSR count). The third kappa shape index (κ3) is 9.11. The van der Waals surface area contributed by atoms with Gasteiger partial charge in [-0.3, -0.25) is 0 Å². The first-order valence-corrected chi connectivity index (χ1v) is 21.8. The highest BCUT2D eigenvalue weighted by atomic mass is 79.9. The number of oxazole rings is 2. The van der Waals surface area contributed by atoms with Crippen LogP contribution < -0.4 is 14.9 Å². The number of halogens is 3. The Morgan fingerprint density at radius 3 is 1.27 bits per heavy atom. The third-order valence-corrected chi connectivity index (χ3v) is 13.4. The second-order valence-electron chi connectivity index (χ2n) is 18.9. The molecule has 0 atom stereocenters. The van der Waals surface area contributed by atoms with Crippen LogP contribution >= 0.6 is 15.9 Å². The summed E-state index contributed by atoms with van der Waals surface area (Å²) in [7, 11) is 1.65. The number of hydrogen-bond donors (Lipinski definition) is 0. The van der Waals surface area contributed by atoms with Crippen LogP contribution in [0.4, 0.5) is 8.78 Å². The number of aromatic nitrogens is 2. The van der Waals surface area contributed by atoms with Gasteiger partial charge in [-0.15, -0.1) is 0 Å². The summed E-state index contributed by atoms with van der Waals surface area (Å²) in [5.74, 6) is 0.978. The highest BCUT2D eigenvalue weighted by Crippen LogP contribution is 2.43. The molecule has 18 heteroatoms. The van der Waals surface area contributed by atoms with E-state index in [9.17, 15) is 8.78 Å². The number of rotatable bonds is 6. The normalized spacial score (nSPS) is 19.9. The topological polar surface area (TPSA) is 126 Å². The molecule has 4 aromatic carbocycles. The van der Waals surface area contributed by atoms with E-state index in [1.165, 1.54) is 12.1 Å². The summed E-state index contributed by atoms with van der Waals surface area (Å²) < 4.78 is 86.6. The van der Waals surface area contributed by atoms with E-state index in [0.717, 1.165) is 9.94 Å². The first-order valence-electron chi connectivity index (χ1n) is 21.0. The van der Waals surface area contributed by atoms with Crippen LogP contribution in [-0.4, -0.2) is 78.9 Å². The lowest BCUT2D eigenvalue weighted by atomic mass is 9.49. The lowest BCUT2D eigenvalue weighted by molar-refractivity contribution is 0.00578. The maximum Gasteiger partial charge on any atom is 0.494 e. The second kappa shape index (κ2) is 17.2. The van der Waals surface area contributed by atoms with E-state index in [1.807, 2.05) is 107 Å². The first kappa shape index (κ1) is 47.7. The van der Waals surface area contributed by atoms with Crippen LogP contribution in [0, 0.1) is 11.6 Å². The Labute approximate surface area is 382 Å². The zero-order valence-corrected chi connectivity index (χ0v) is 40.4. The average Bonchev–Trinajstić information content (AvgIpc) is 3.99. The Balaban J connectivity index is 0.000000148. The van der Waals surface area contributed by atoms with Crippen LogP contribution in [-0.2, 0) is 27.9 Å². The van der Waals surface area contributed by atoms with E-state index in [2.05, 4.69) is 25.9 Å². The van der Waals surface area contributed by atoms with Crippen molar-refractivity contribution in [3.8, 4) is 34.4 Å². The van der Waals surface area contributed by atoms with Gasteiger partial charge in [0.25, 0.3) is 0 Å². The van der Waals surface area contributed by atoms with Crippen LogP contribution in [0.1, 0.15) is 83.1 Å². The summed E-state index contributed by atoms with van der Waals surface area (Å²) >= 11 is 3.38. The smallest absolute Gasteiger partial charge is 0.494 e. The Bertz CT molecular complexity index is 2590. The fraction of sp³-hybridized carbons (Fsp3) is 0.435. The van der Waals surface area contributed by atoms with Gasteiger partial charge in [0.15, 0.2) is 22.8 Å². The predicted octanol–water partition coefficient (Wildman–Crippen LogP) is 10.6. The van der Waals surface area contributed by atoms with Crippen molar-refractivity contribution in [1.29, 1.82) is 0 Å². The highest BCUT2D eigenvalue weighted by molar-refractivity contribution is 9.10. The second-order valence-corrected chi connectivity index (χ2v) is 19.8. The average molecular weight is 945 g/mol. The van der Waals surface area contributed by atoms with Crippen molar-refractivity contribution >= 4 is 64.7 Å². The van der Waals surface area contributed by atoms with Gasteiger partial charge in [0.2, 0.25) is 11.8 Å². The zero-order valence-electron chi connectivity index (χ0n) is 38.8. The van der Waals surface area contributed by atoms with Gasteiger partial charge in [-0.05, 0) is 143 Å². The number of nitrogens with zero attached hydrogens (tertiary/aromatic N) is 2. The Morgan fingerprint density at radius 1 is 0.500 bits per heavy atom. The van der Waals surface area contributed by atoms with Crippen molar-refractivity contribution in [1.82, 2.24) is 9.97 Å². The standard InChI is InChI=1S/C20H21BFNO4.C14H9BrFNO2.C12H24B2O4/c1-19(2)20(3,4)27-21(26-19)12-9-10-15(24-5)13(11-12)18-23-17-14(22)7-6-8-16(17)25-18;1-18-11-6-5-8(15)7-9(11)14-17-13-10(16)3-2-4-12(13)19-14;1-9(2)10(3,4)16-13(15-9)14-17-11(5,6)12(7,8)18-14/h6-11H,1-5H3;2-7H,1H3;1-8H3. The SMILES string of the molecule is CC1(C)OB(B2OC(C)(C)C(C)(C)O2)OC1(C)C.COc1ccc(B2OC(C)(C)C(C)(C)O2)cc1-c1nc2c(F)cccc2o1.COc1ccc(Br)cc1-c1nc2c(F)cccc2o1. The minimum Gasteiger partial charge on any atom is -0.496 e. The van der Waals surface area contributed by atoms with Gasteiger partial charge in [-0.1, -0.05) is 34.1 Å². The molecule has 0 bridgehead atoms. The number of benzene rings is 4. The number of methoxy groups -OCH3 is 2. The molecule has 3 aliphatic heterocycles. The van der Waals surface area contributed by atoms with Gasteiger partial charge in [-0.25, -0.2) is 18.7 Å². The number of fused-ring (bicyclic) bond motifs is 2. The van der Waals surface area contributed by atoms with Crippen LogP contribution in [0.25, 0.3) is 45.1 Å². The molecule has 6 aromatic rings. The summed E-state index contributed by atoms with van der Waals surface area (Å²) in [6.07, 6.45) is 0. The van der Waals surface area contributed by atoms with Gasteiger partial charge in [0, 0.05) is 4.47 Å². The van der Waals surface area contributed by atoms with Crippen LogP contribution in [0.2, 0.25) is 0 Å².